The highest BCUT2D eigenvalue weighted by Crippen LogP contribution is 2.28. The highest BCUT2D eigenvalue weighted by atomic mass is 32.2. The lowest BCUT2D eigenvalue weighted by atomic mass is 9.90. The molecule has 2 nitrogen and oxygen atoms in total. The second-order valence-electron chi connectivity index (χ2n) is 4.87. The van der Waals surface area contributed by atoms with Gasteiger partial charge in [-0.2, -0.15) is 17.0 Å². The molecular formula is C12H21NOS. The Balaban J connectivity index is 2.09. The van der Waals surface area contributed by atoms with Gasteiger partial charge >= 0.3 is 0 Å². The van der Waals surface area contributed by atoms with E-state index in [0.717, 1.165) is 25.2 Å². The van der Waals surface area contributed by atoms with Crippen LogP contribution in [0.2, 0.25) is 0 Å². The van der Waals surface area contributed by atoms with E-state index in [1.807, 2.05) is 25.6 Å². The molecule has 0 radical (unpaired) electrons. The van der Waals surface area contributed by atoms with Crippen molar-refractivity contribution < 1.29 is 4.74 Å². The molecule has 2 atom stereocenters. The summed E-state index contributed by atoms with van der Waals surface area (Å²) in [4.78, 5) is 0. The number of ether oxygens (including phenoxy) is 1. The number of nitrogens with zero attached hydrogens (tertiary/aromatic N) is 1. The normalized spacial score (nSPS) is 26.5. The highest BCUT2D eigenvalue weighted by molar-refractivity contribution is 7.99. The number of rotatable bonds is 5. The van der Waals surface area contributed by atoms with Crippen molar-refractivity contribution in [1.82, 2.24) is 0 Å². The van der Waals surface area contributed by atoms with Gasteiger partial charge in [0.15, 0.2) is 0 Å². The van der Waals surface area contributed by atoms with Crippen molar-refractivity contribution in [2.45, 2.75) is 51.4 Å². The first-order valence-electron chi connectivity index (χ1n) is 5.69. The lowest BCUT2D eigenvalue weighted by Gasteiger charge is -2.16. The van der Waals surface area contributed by atoms with Crippen LogP contribution in [0.1, 0.15) is 40.0 Å². The van der Waals surface area contributed by atoms with Gasteiger partial charge in [-0.1, -0.05) is 0 Å². The van der Waals surface area contributed by atoms with Gasteiger partial charge in [-0.25, -0.2) is 0 Å². The molecule has 0 aromatic heterocycles. The Morgan fingerprint density at radius 1 is 1.53 bits per heavy atom. The van der Waals surface area contributed by atoms with Gasteiger partial charge < -0.3 is 4.74 Å². The van der Waals surface area contributed by atoms with Crippen molar-refractivity contribution in [2.24, 2.45) is 5.41 Å². The van der Waals surface area contributed by atoms with Crippen LogP contribution in [0.4, 0.5) is 0 Å². The summed E-state index contributed by atoms with van der Waals surface area (Å²) in [5.41, 5.74) is -0.154. The minimum Gasteiger partial charge on any atom is -0.377 e. The summed E-state index contributed by atoms with van der Waals surface area (Å²) in [6.07, 6.45) is 3.74. The zero-order valence-corrected chi connectivity index (χ0v) is 10.8. The molecule has 0 N–H and O–H groups in total. The van der Waals surface area contributed by atoms with E-state index in [4.69, 9.17) is 10.00 Å². The Morgan fingerprint density at radius 3 is 2.80 bits per heavy atom. The summed E-state index contributed by atoms with van der Waals surface area (Å²) in [6.45, 7) is 7.10. The van der Waals surface area contributed by atoms with Gasteiger partial charge in [0.1, 0.15) is 0 Å². The van der Waals surface area contributed by atoms with Crippen LogP contribution >= 0.6 is 11.8 Å². The number of nitriles is 1. The SMILES string of the molecule is CC1OCCC1SCCCC(C)(C)C#N. The Kier molecular flexibility index (Phi) is 4.95. The van der Waals surface area contributed by atoms with Crippen LogP contribution in [-0.2, 0) is 4.74 Å². The first-order chi connectivity index (χ1) is 7.05. The van der Waals surface area contributed by atoms with Gasteiger partial charge in [0, 0.05) is 11.9 Å². The van der Waals surface area contributed by atoms with Crippen molar-refractivity contribution in [3.05, 3.63) is 0 Å². The van der Waals surface area contributed by atoms with Crippen LogP contribution in [0.15, 0.2) is 0 Å². The van der Waals surface area contributed by atoms with Crippen LogP contribution in [0, 0.1) is 16.7 Å². The van der Waals surface area contributed by atoms with Crippen LogP contribution in [0.5, 0.6) is 0 Å². The molecule has 1 heterocycles. The van der Waals surface area contributed by atoms with Crippen molar-refractivity contribution in [3.8, 4) is 6.07 Å². The minimum absolute atomic E-state index is 0.154. The van der Waals surface area contributed by atoms with E-state index in [-0.39, 0.29) is 5.41 Å². The van der Waals surface area contributed by atoms with Gasteiger partial charge in [0.05, 0.1) is 17.6 Å². The molecule has 1 aliphatic rings. The number of hydrogen-bond acceptors (Lipinski definition) is 3. The Bertz CT molecular complexity index is 234. The monoisotopic (exact) mass is 227 g/mol. The lowest BCUT2D eigenvalue weighted by Crippen LogP contribution is -2.14. The second-order valence-corrected chi connectivity index (χ2v) is 6.22. The third kappa shape index (κ3) is 4.44. The topological polar surface area (TPSA) is 33.0 Å². The molecular weight excluding hydrogens is 206 g/mol. The molecule has 1 fully saturated rings. The smallest absolute Gasteiger partial charge is 0.0683 e. The average molecular weight is 227 g/mol. The van der Waals surface area contributed by atoms with Crippen LogP contribution in [0.3, 0.4) is 0 Å². The zero-order chi connectivity index (χ0) is 11.3. The molecule has 0 aromatic carbocycles. The molecule has 0 bridgehead atoms. The third-order valence-electron chi connectivity index (χ3n) is 2.89. The first kappa shape index (κ1) is 12.9. The summed E-state index contributed by atoms with van der Waals surface area (Å²) in [7, 11) is 0. The van der Waals surface area contributed by atoms with Crippen LogP contribution < -0.4 is 0 Å². The Morgan fingerprint density at radius 2 is 2.27 bits per heavy atom. The fraction of sp³-hybridized carbons (Fsp3) is 0.917. The van der Waals surface area contributed by atoms with Gasteiger partial charge in [-0.3, -0.25) is 0 Å². The maximum atomic E-state index is 8.87. The van der Waals surface area contributed by atoms with E-state index >= 15 is 0 Å². The Labute approximate surface area is 97.4 Å². The molecule has 0 saturated carbocycles. The first-order valence-corrected chi connectivity index (χ1v) is 6.74. The maximum Gasteiger partial charge on any atom is 0.0683 e. The predicted octanol–water partition coefficient (Wildman–Crippen LogP) is 3.23. The molecule has 15 heavy (non-hydrogen) atoms. The van der Waals surface area contributed by atoms with E-state index < -0.39 is 0 Å². The second kappa shape index (κ2) is 5.77. The lowest BCUT2D eigenvalue weighted by molar-refractivity contribution is 0.127. The van der Waals surface area contributed by atoms with Gasteiger partial charge in [-0.05, 0) is 45.8 Å². The minimum atomic E-state index is -0.154. The molecule has 0 amide bonds. The van der Waals surface area contributed by atoms with E-state index in [1.54, 1.807) is 0 Å². The predicted molar refractivity (Wildman–Crippen MR) is 64.9 cm³/mol. The van der Waals surface area contributed by atoms with Crippen molar-refractivity contribution in [2.75, 3.05) is 12.4 Å². The molecule has 2 unspecified atom stereocenters. The van der Waals surface area contributed by atoms with E-state index in [2.05, 4.69) is 13.0 Å². The molecule has 1 aliphatic heterocycles. The summed E-state index contributed by atoms with van der Waals surface area (Å²) in [5, 5.41) is 9.55. The third-order valence-corrected chi connectivity index (χ3v) is 4.46. The van der Waals surface area contributed by atoms with Crippen molar-refractivity contribution in [3.63, 3.8) is 0 Å². The molecule has 0 aliphatic carbocycles. The number of thioether (sulfide) groups is 1. The van der Waals surface area contributed by atoms with Crippen molar-refractivity contribution in [1.29, 1.82) is 5.26 Å². The quantitative estimate of drug-likeness (QED) is 0.676. The van der Waals surface area contributed by atoms with Gasteiger partial charge in [0.25, 0.3) is 0 Å². The molecule has 0 aromatic rings. The van der Waals surface area contributed by atoms with Crippen molar-refractivity contribution >= 4 is 11.8 Å². The molecule has 1 rings (SSSR count). The van der Waals surface area contributed by atoms with E-state index in [9.17, 15) is 0 Å². The summed E-state index contributed by atoms with van der Waals surface area (Å²) < 4.78 is 5.51. The molecule has 3 heteroatoms. The Hall–Kier alpha value is -0.200. The van der Waals surface area contributed by atoms with Gasteiger partial charge in [-0.15, -0.1) is 0 Å². The largest absolute Gasteiger partial charge is 0.377 e. The van der Waals surface area contributed by atoms with Crippen LogP contribution in [-0.4, -0.2) is 23.7 Å². The number of hydrogen-bond donors (Lipinski definition) is 0. The van der Waals surface area contributed by atoms with E-state index in [1.165, 1.54) is 6.42 Å². The summed E-state index contributed by atoms with van der Waals surface area (Å²) in [6, 6.07) is 2.34. The summed E-state index contributed by atoms with van der Waals surface area (Å²) in [5.74, 6) is 1.16. The fourth-order valence-electron chi connectivity index (χ4n) is 1.74. The van der Waals surface area contributed by atoms with E-state index in [0.29, 0.717) is 11.4 Å². The standard InChI is InChI=1S/C12H21NOS/c1-10-11(5-7-14-10)15-8-4-6-12(2,3)9-13/h10-11H,4-8H2,1-3H3. The summed E-state index contributed by atoms with van der Waals surface area (Å²) >= 11 is 2.01. The maximum absolute atomic E-state index is 8.87. The molecule has 1 saturated heterocycles. The highest BCUT2D eigenvalue weighted by Gasteiger charge is 2.24. The molecule has 86 valence electrons. The van der Waals surface area contributed by atoms with Gasteiger partial charge in [0.2, 0.25) is 0 Å². The fourth-order valence-corrected chi connectivity index (χ4v) is 2.96. The van der Waals surface area contributed by atoms with Crippen LogP contribution in [0.25, 0.3) is 0 Å². The molecule has 0 spiro atoms. The average Bonchev–Trinajstić information content (AvgIpc) is 2.59. The zero-order valence-electron chi connectivity index (χ0n) is 9.95.